The van der Waals surface area contributed by atoms with Crippen molar-refractivity contribution in [1.82, 2.24) is 0 Å². The number of rotatable bonds is 11. The third-order valence-electron chi connectivity index (χ3n) is 4.28. The molecular formula is C22H25Cl3FNO2. The Bertz CT molecular complexity index is 814. The fourth-order valence-corrected chi connectivity index (χ4v) is 3.10. The molecule has 0 fully saturated rings. The van der Waals surface area contributed by atoms with Gasteiger partial charge in [0.2, 0.25) is 0 Å². The monoisotopic (exact) mass is 459 g/mol. The van der Waals surface area contributed by atoms with Crippen LogP contribution in [0.15, 0.2) is 40.9 Å². The second-order valence-electron chi connectivity index (χ2n) is 6.34. The van der Waals surface area contributed by atoms with Gasteiger partial charge in [-0.3, -0.25) is 0 Å². The summed E-state index contributed by atoms with van der Waals surface area (Å²) < 4.78 is 25.8. The van der Waals surface area contributed by atoms with Crippen molar-refractivity contribution >= 4 is 40.5 Å². The molecule has 0 amide bonds. The number of halogens is 4. The molecule has 2 rings (SSSR count). The topological polar surface area (TPSA) is 30.5 Å². The molecule has 0 unspecified atom stereocenters. The van der Waals surface area contributed by atoms with Gasteiger partial charge in [0, 0.05) is 11.6 Å². The van der Waals surface area contributed by atoms with Crippen molar-refractivity contribution in [1.29, 1.82) is 0 Å². The number of hydrogen-bond donors (Lipinski definition) is 1. The minimum Gasteiger partial charge on any atom is -0.493 e. The summed E-state index contributed by atoms with van der Waals surface area (Å²) >= 11 is 17.0. The highest BCUT2D eigenvalue weighted by molar-refractivity contribution is 6.55. The van der Waals surface area contributed by atoms with Crippen LogP contribution in [-0.2, 0) is 12.8 Å². The van der Waals surface area contributed by atoms with E-state index in [-0.39, 0.29) is 10.3 Å². The lowest BCUT2D eigenvalue weighted by molar-refractivity contribution is 0.307. The molecule has 0 aliphatic carbocycles. The first-order valence-electron chi connectivity index (χ1n) is 9.56. The lowest BCUT2D eigenvalue weighted by Gasteiger charge is -2.17. The Morgan fingerprint density at radius 1 is 1.07 bits per heavy atom. The molecule has 0 aromatic heterocycles. The molecule has 0 saturated carbocycles. The summed E-state index contributed by atoms with van der Waals surface area (Å²) in [6.45, 7) is 5.57. The average molecular weight is 461 g/mol. The van der Waals surface area contributed by atoms with Gasteiger partial charge in [-0.05, 0) is 66.8 Å². The quantitative estimate of drug-likeness (QED) is 0.360. The normalized spacial score (nSPS) is 10.6. The standard InChI is InChI=1S/C22H25Cl3FNO2/c1-3-15-12-18(28-11-8-21(24)25)13-16(4-2)22(15)29-10-5-9-27-20-7-6-17(23)14-19(20)26/h6-8,12-14,27H,3-5,9-11H2,1-2H3. The third-order valence-corrected chi connectivity index (χ3v) is 4.82. The second kappa shape index (κ2) is 12.2. The number of hydrogen-bond acceptors (Lipinski definition) is 3. The van der Waals surface area contributed by atoms with Crippen LogP contribution in [-0.4, -0.2) is 19.8 Å². The molecular weight excluding hydrogens is 436 g/mol. The van der Waals surface area contributed by atoms with Crippen LogP contribution in [0.1, 0.15) is 31.4 Å². The highest BCUT2D eigenvalue weighted by Crippen LogP contribution is 2.31. The largest absolute Gasteiger partial charge is 0.493 e. The summed E-state index contributed by atoms with van der Waals surface area (Å²) in [5.74, 6) is 1.29. The summed E-state index contributed by atoms with van der Waals surface area (Å²) in [6.07, 6.45) is 3.96. The van der Waals surface area contributed by atoms with Crippen molar-refractivity contribution in [3.05, 3.63) is 62.9 Å². The fraction of sp³-hybridized carbons (Fsp3) is 0.364. The molecule has 2 aromatic carbocycles. The molecule has 158 valence electrons. The molecule has 0 radical (unpaired) electrons. The van der Waals surface area contributed by atoms with Crippen molar-refractivity contribution < 1.29 is 13.9 Å². The van der Waals surface area contributed by atoms with E-state index in [1.807, 2.05) is 12.1 Å². The maximum atomic E-state index is 13.8. The Morgan fingerprint density at radius 3 is 2.34 bits per heavy atom. The van der Waals surface area contributed by atoms with E-state index in [0.717, 1.165) is 41.9 Å². The van der Waals surface area contributed by atoms with Crippen molar-refractivity contribution in [3.63, 3.8) is 0 Å². The van der Waals surface area contributed by atoms with Crippen LogP contribution in [0.3, 0.4) is 0 Å². The van der Waals surface area contributed by atoms with Gasteiger partial charge in [0.05, 0.1) is 12.3 Å². The summed E-state index contributed by atoms with van der Waals surface area (Å²) in [5, 5.41) is 3.44. The van der Waals surface area contributed by atoms with Gasteiger partial charge < -0.3 is 14.8 Å². The maximum Gasteiger partial charge on any atom is 0.147 e. The lowest BCUT2D eigenvalue weighted by atomic mass is 10.0. The van der Waals surface area contributed by atoms with Crippen molar-refractivity contribution in [2.24, 2.45) is 0 Å². The van der Waals surface area contributed by atoms with Crippen LogP contribution < -0.4 is 14.8 Å². The predicted octanol–water partition coefficient (Wildman–Crippen LogP) is 7.18. The smallest absolute Gasteiger partial charge is 0.147 e. The Kier molecular flexibility index (Phi) is 9.92. The molecule has 0 saturated heterocycles. The van der Waals surface area contributed by atoms with Gasteiger partial charge >= 0.3 is 0 Å². The molecule has 29 heavy (non-hydrogen) atoms. The molecule has 0 aliphatic heterocycles. The van der Waals surface area contributed by atoms with E-state index in [1.165, 1.54) is 6.07 Å². The van der Waals surface area contributed by atoms with Crippen LogP contribution in [0, 0.1) is 5.82 Å². The molecule has 1 N–H and O–H groups in total. The maximum absolute atomic E-state index is 13.8. The van der Waals surface area contributed by atoms with E-state index in [4.69, 9.17) is 44.3 Å². The molecule has 0 aliphatic rings. The van der Waals surface area contributed by atoms with E-state index in [1.54, 1.807) is 18.2 Å². The molecule has 2 aromatic rings. The summed E-state index contributed by atoms with van der Waals surface area (Å²) in [7, 11) is 0. The number of anilines is 1. The van der Waals surface area contributed by atoms with E-state index in [2.05, 4.69) is 19.2 Å². The van der Waals surface area contributed by atoms with Gasteiger partial charge in [-0.15, -0.1) is 0 Å². The summed E-state index contributed by atoms with van der Waals surface area (Å²) in [4.78, 5) is 0. The van der Waals surface area contributed by atoms with Gasteiger partial charge in [-0.2, -0.15) is 0 Å². The highest BCUT2D eigenvalue weighted by Gasteiger charge is 2.11. The molecule has 7 heteroatoms. The van der Waals surface area contributed by atoms with Crippen LogP contribution >= 0.6 is 34.8 Å². The van der Waals surface area contributed by atoms with Crippen LogP contribution in [0.4, 0.5) is 10.1 Å². The molecule has 0 heterocycles. The first-order valence-corrected chi connectivity index (χ1v) is 10.7. The van der Waals surface area contributed by atoms with Gasteiger partial charge in [-0.1, -0.05) is 48.7 Å². The Morgan fingerprint density at radius 2 is 1.76 bits per heavy atom. The molecule has 0 spiro atoms. The molecule has 0 atom stereocenters. The second-order valence-corrected chi connectivity index (χ2v) is 7.78. The zero-order valence-corrected chi connectivity index (χ0v) is 18.8. The van der Waals surface area contributed by atoms with Gasteiger partial charge in [-0.25, -0.2) is 4.39 Å². The highest BCUT2D eigenvalue weighted by atomic mass is 35.5. The number of nitrogens with one attached hydrogen (secondary N) is 1. The minimum atomic E-state index is -0.360. The zero-order valence-electron chi connectivity index (χ0n) is 16.5. The summed E-state index contributed by atoms with van der Waals surface area (Å²) in [6, 6.07) is 8.54. The molecule has 3 nitrogen and oxygen atoms in total. The first kappa shape index (κ1) is 23.7. The van der Waals surface area contributed by atoms with Crippen molar-refractivity contribution in [2.45, 2.75) is 33.1 Å². The molecule has 0 bridgehead atoms. The van der Waals surface area contributed by atoms with Crippen molar-refractivity contribution in [2.75, 3.05) is 25.1 Å². The number of ether oxygens (including phenoxy) is 2. The van der Waals surface area contributed by atoms with Gasteiger partial charge in [0.15, 0.2) is 0 Å². The number of benzene rings is 2. The van der Waals surface area contributed by atoms with Gasteiger partial charge in [0.25, 0.3) is 0 Å². The third kappa shape index (κ3) is 7.61. The summed E-state index contributed by atoms with van der Waals surface area (Å²) in [5.41, 5.74) is 2.60. The minimum absolute atomic E-state index is 0.184. The van der Waals surface area contributed by atoms with E-state index in [0.29, 0.717) is 30.5 Å². The lowest BCUT2D eigenvalue weighted by Crippen LogP contribution is -2.10. The van der Waals surface area contributed by atoms with Crippen LogP contribution in [0.2, 0.25) is 5.02 Å². The van der Waals surface area contributed by atoms with Crippen LogP contribution in [0.5, 0.6) is 11.5 Å². The SMILES string of the molecule is CCc1cc(OCC=C(Cl)Cl)cc(CC)c1OCCCNc1ccc(Cl)cc1F. The Balaban J connectivity index is 1.93. The van der Waals surface area contributed by atoms with E-state index >= 15 is 0 Å². The Labute approximate surface area is 186 Å². The van der Waals surface area contributed by atoms with Crippen LogP contribution in [0.25, 0.3) is 0 Å². The first-order chi connectivity index (χ1) is 13.9. The Hall–Kier alpha value is -1.62. The van der Waals surface area contributed by atoms with Gasteiger partial charge in [0.1, 0.15) is 28.4 Å². The number of aryl methyl sites for hydroxylation is 2. The predicted molar refractivity (Wildman–Crippen MR) is 120 cm³/mol. The zero-order chi connectivity index (χ0) is 21.2. The average Bonchev–Trinajstić information content (AvgIpc) is 2.69. The fourth-order valence-electron chi connectivity index (χ4n) is 2.82. The van der Waals surface area contributed by atoms with E-state index < -0.39 is 0 Å². The van der Waals surface area contributed by atoms with E-state index in [9.17, 15) is 4.39 Å². The van der Waals surface area contributed by atoms with Crippen molar-refractivity contribution in [3.8, 4) is 11.5 Å².